The smallest absolute Gasteiger partial charge is 0.286 e. The first-order valence-electron chi connectivity index (χ1n) is 9.96. The normalized spacial score (nSPS) is 12.0. The lowest BCUT2D eigenvalue weighted by molar-refractivity contribution is 0.102. The monoisotopic (exact) mass is 449 g/mol. The molecule has 10 heteroatoms. The van der Waals surface area contributed by atoms with E-state index in [1.54, 1.807) is 42.4 Å². The molecule has 1 atom stereocenters. The number of carbonyl (C=O) groups is 1. The Morgan fingerprint density at radius 1 is 1.16 bits per heavy atom. The van der Waals surface area contributed by atoms with Gasteiger partial charge >= 0.3 is 0 Å². The van der Waals surface area contributed by atoms with Gasteiger partial charge in [-0.05, 0) is 55.9 Å². The maximum absolute atomic E-state index is 12.5. The zero-order chi connectivity index (χ0) is 22.5. The standard InChI is InChI=1S/C22H23N7O2S/c1-15(16-4-8-18(9-5-16)29-14-23-13-24-29)28(2)12-20-26-27-22(32-20)21(30)25-17-6-10-19(31-3)11-7-17/h4-11,13-15H,12H2,1-3H3,(H,25,30). The molecular weight excluding hydrogens is 426 g/mol. The molecule has 0 aliphatic heterocycles. The summed E-state index contributed by atoms with van der Waals surface area (Å²) in [5.74, 6) is 0.449. The summed E-state index contributed by atoms with van der Waals surface area (Å²) in [5, 5.41) is 16.3. The summed E-state index contributed by atoms with van der Waals surface area (Å²) in [6.45, 7) is 2.71. The molecule has 1 N–H and O–H groups in total. The molecule has 9 nitrogen and oxygen atoms in total. The van der Waals surface area contributed by atoms with Crippen molar-refractivity contribution in [2.45, 2.75) is 19.5 Å². The van der Waals surface area contributed by atoms with Crippen LogP contribution in [-0.2, 0) is 6.54 Å². The average molecular weight is 450 g/mol. The quantitative estimate of drug-likeness (QED) is 0.439. The van der Waals surface area contributed by atoms with E-state index in [-0.39, 0.29) is 11.9 Å². The lowest BCUT2D eigenvalue weighted by Crippen LogP contribution is -2.21. The van der Waals surface area contributed by atoms with Crippen LogP contribution in [0.2, 0.25) is 0 Å². The SMILES string of the molecule is COc1ccc(NC(=O)c2nnc(CN(C)C(C)c3ccc(-n4cncn4)cc3)s2)cc1. The molecule has 0 aliphatic carbocycles. The highest BCUT2D eigenvalue weighted by Gasteiger charge is 2.17. The number of ether oxygens (including phenoxy) is 1. The van der Waals surface area contributed by atoms with E-state index in [1.165, 1.54) is 23.2 Å². The maximum atomic E-state index is 12.5. The van der Waals surface area contributed by atoms with E-state index in [0.29, 0.717) is 17.2 Å². The predicted molar refractivity (Wildman–Crippen MR) is 122 cm³/mol. The molecule has 1 unspecified atom stereocenters. The highest BCUT2D eigenvalue weighted by Crippen LogP contribution is 2.23. The van der Waals surface area contributed by atoms with Crippen molar-refractivity contribution in [2.24, 2.45) is 0 Å². The molecule has 2 aromatic carbocycles. The van der Waals surface area contributed by atoms with Crippen LogP contribution in [0.1, 0.15) is 33.3 Å². The second-order valence-corrected chi connectivity index (χ2v) is 8.27. The number of nitrogens with zero attached hydrogens (tertiary/aromatic N) is 6. The van der Waals surface area contributed by atoms with Crippen molar-refractivity contribution in [3.63, 3.8) is 0 Å². The summed E-state index contributed by atoms with van der Waals surface area (Å²) in [6, 6.07) is 15.5. The minimum Gasteiger partial charge on any atom is -0.497 e. The van der Waals surface area contributed by atoms with Gasteiger partial charge in [0.25, 0.3) is 5.91 Å². The number of amides is 1. The highest BCUT2D eigenvalue weighted by atomic mass is 32.1. The van der Waals surface area contributed by atoms with Crippen LogP contribution >= 0.6 is 11.3 Å². The first-order valence-corrected chi connectivity index (χ1v) is 10.8. The second-order valence-electron chi connectivity index (χ2n) is 7.21. The number of aromatic nitrogens is 5. The third-order valence-electron chi connectivity index (χ3n) is 5.11. The van der Waals surface area contributed by atoms with Gasteiger partial charge in [-0.1, -0.05) is 23.5 Å². The molecule has 0 radical (unpaired) electrons. The molecule has 1 amide bonds. The summed E-state index contributed by atoms with van der Waals surface area (Å²) in [4.78, 5) is 18.6. The van der Waals surface area contributed by atoms with Crippen molar-refractivity contribution >= 4 is 22.9 Å². The highest BCUT2D eigenvalue weighted by molar-refractivity contribution is 7.13. The number of anilines is 1. The molecule has 4 aromatic rings. The fourth-order valence-electron chi connectivity index (χ4n) is 3.12. The van der Waals surface area contributed by atoms with Gasteiger partial charge in [0.15, 0.2) is 0 Å². The van der Waals surface area contributed by atoms with Crippen LogP contribution < -0.4 is 10.1 Å². The largest absolute Gasteiger partial charge is 0.497 e. The summed E-state index contributed by atoms with van der Waals surface area (Å²) >= 11 is 1.29. The topological polar surface area (TPSA) is 98.1 Å². The molecule has 2 heterocycles. The van der Waals surface area contributed by atoms with Gasteiger partial charge in [-0.3, -0.25) is 9.69 Å². The van der Waals surface area contributed by atoms with E-state index in [9.17, 15) is 4.79 Å². The van der Waals surface area contributed by atoms with Gasteiger partial charge in [0.1, 0.15) is 23.4 Å². The van der Waals surface area contributed by atoms with Gasteiger partial charge in [0.05, 0.1) is 19.3 Å². The Balaban J connectivity index is 1.36. The van der Waals surface area contributed by atoms with Crippen LogP contribution in [0.5, 0.6) is 5.75 Å². The number of rotatable bonds is 8. The Hall–Kier alpha value is -3.63. The molecule has 0 bridgehead atoms. The van der Waals surface area contributed by atoms with Crippen molar-refractivity contribution < 1.29 is 9.53 Å². The molecule has 0 spiro atoms. The van der Waals surface area contributed by atoms with Crippen LogP contribution in [0.4, 0.5) is 5.69 Å². The maximum Gasteiger partial charge on any atom is 0.286 e. The van der Waals surface area contributed by atoms with E-state index >= 15 is 0 Å². The first-order chi connectivity index (χ1) is 15.5. The van der Waals surface area contributed by atoms with Gasteiger partial charge in [0, 0.05) is 11.7 Å². The summed E-state index contributed by atoms with van der Waals surface area (Å²) in [6.07, 6.45) is 3.18. The van der Waals surface area contributed by atoms with Crippen molar-refractivity contribution in [2.75, 3.05) is 19.5 Å². The Kier molecular flexibility index (Phi) is 6.52. The van der Waals surface area contributed by atoms with Crippen molar-refractivity contribution in [3.8, 4) is 11.4 Å². The number of nitrogens with one attached hydrogen (secondary N) is 1. The van der Waals surface area contributed by atoms with E-state index in [1.807, 2.05) is 19.2 Å². The van der Waals surface area contributed by atoms with E-state index in [4.69, 9.17) is 4.74 Å². The van der Waals surface area contributed by atoms with Gasteiger partial charge in [-0.2, -0.15) is 5.10 Å². The molecule has 0 aliphatic rings. The molecular formula is C22H23N7O2S. The first kappa shape index (κ1) is 21.6. The van der Waals surface area contributed by atoms with Crippen molar-refractivity contribution in [3.05, 3.63) is 76.8 Å². The van der Waals surface area contributed by atoms with E-state index in [2.05, 4.69) is 49.6 Å². The summed E-state index contributed by atoms with van der Waals surface area (Å²) < 4.78 is 6.85. The van der Waals surface area contributed by atoms with Crippen LogP contribution in [-0.4, -0.2) is 49.9 Å². The lowest BCUT2D eigenvalue weighted by Gasteiger charge is -2.24. The van der Waals surface area contributed by atoms with Crippen LogP contribution in [0.25, 0.3) is 5.69 Å². The number of carbonyl (C=O) groups excluding carboxylic acids is 1. The van der Waals surface area contributed by atoms with Crippen molar-refractivity contribution in [1.82, 2.24) is 29.9 Å². The number of hydrogen-bond acceptors (Lipinski definition) is 8. The predicted octanol–water partition coefficient (Wildman–Crippen LogP) is 3.57. The third kappa shape index (κ3) is 4.98. The Morgan fingerprint density at radius 2 is 1.91 bits per heavy atom. The Morgan fingerprint density at radius 3 is 2.56 bits per heavy atom. The molecule has 32 heavy (non-hydrogen) atoms. The summed E-state index contributed by atoms with van der Waals surface area (Å²) in [5.41, 5.74) is 2.80. The van der Waals surface area contributed by atoms with Gasteiger partial charge in [-0.25, -0.2) is 9.67 Å². The molecule has 0 saturated carbocycles. The third-order valence-corrected chi connectivity index (χ3v) is 6.02. The lowest BCUT2D eigenvalue weighted by atomic mass is 10.1. The fourth-order valence-corrected chi connectivity index (χ4v) is 3.92. The molecule has 0 fully saturated rings. The zero-order valence-corrected chi connectivity index (χ0v) is 18.8. The van der Waals surface area contributed by atoms with Gasteiger partial charge < -0.3 is 10.1 Å². The fraction of sp³-hybridized carbons (Fsp3) is 0.227. The molecule has 0 saturated heterocycles. The number of benzene rings is 2. The Bertz CT molecular complexity index is 1160. The van der Waals surface area contributed by atoms with Crippen molar-refractivity contribution in [1.29, 1.82) is 0 Å². The zero-order valence-electron chi connectivity index (χ0n) is 18.0. The van der Waals surface area contributed by atoms with Crippen LogP contribution in [0.15, 0.2) is 61.2 Å². The van der Waals surface area contributed by atoms with E-state index in [0.717, 1.165) is 16.4 Å². The molecule has 4 rings (SSSR count). The summed E-state index contributed by atoms with van der Waals surface area (Å²) in [7, 11) is 3.62. The second kappa shape index (κ2) is 9.67. The number of hydrogen-bond donors (Lipinski definition) is 1. The van der Waals surface area contributed by atoms with Gasteiger partial charge in [0.2, 0.25) is 5.01 Å². The minimum atomic E-state index is -0.279. The van der Waals surface area contributed by atoms with Crippen LogP contribution in [0, 0.1) is 0 Å². The van der Waals surface area contributed by atoms with Gasteiger partial charge in [-0.15, -0.1) is 10.2 Å². The number of methoxy groups -OCH3 is 1. The molecule has 2 aromatic heterocycles. The molecule has 164 valence electrons. The Labute approximate surface area is 189 Å². The average Bonchev–Trinajstić information content (AvgIpc) is 3.52. The minimum absolute atomic E-state index is 0.153. The van der Waals surface area contributed by atoms with Crippen LogP contribution in [0.3, 0.4) is 0 Å². The van der Waals surface area contributed by atoms with E-state index < -0.39 is 0 Å².